The summed E-state index contributed by atoms with van der Waals surface area (Å²) in [5, 5.41) is 0. The van der Waals surface area contributed by atoms with Crippen LogP contribution in [0.3, 0.4) is 0 Å². The van der Waals surface area contributed by atoms with Crippen LogP contribution in [0.4, 0.5) is 0 Å². The standard InChI is InChI=1S/C74H124NO8P/c1-6-8-10-12-14-16-18-20-22-24-26-28-29-30-31-32-33-34-35-36-37-38-39-40-41-42-43-44-45-47-49-51-53-55-57-59-61-63-65-67-74(77)83-72(71-82-84(78,79)81-69-68-75(3,4)5)70-80-73(76)66-64-62-60-58-56-54-52-50-48-46-27-25-23-21-19-17-15-13-11-9-7-2/h8,10,14,16,20,22,26,28,30-31,33-34,36-37,39-40,42-43,45,47,51,53,57,59,72H,6-7,9,11-13,15,17-19,21,23-25,27,29,32,35,38,41,44,46,48-50,52,54-56,58,60-71H2,1-5H3/b10-8-,16-14-,22-20-,28-26-,31-30-,34-33-,37-36-,40-39-,43-42-,47-45-,53-51-,59-57-. The summed E-state index contributed by atoms with van der Waals surface area (Å²) >= 11 is 0. The van der Waals surface area contributed by atoms with Gasteiger partial charge in [-0.15, -0.1) is 0 Å². The Morgan fingerprint density at radius 1 is 0.381 bits per heavy atom. The molecule has 84 heavy (non-hydrogen) atoms. The zero-order chi connectivity index (χ0) is 61.2. The first-order valence-corrected chi connectivity index (χ1v) is 35.0. The molecule has 0 spiro atoms. The van der Waals surface area contributed by atoms with Crippen molar-refractivity contribution in [3.8, 4) is 0 Å². The van der Waals surface area contributed by atoms with Gasteiger partial charge in [-0.2, -0.15) is 0 Å². The van der Waals surface area contributed by atoms with Crippen LogP contribution in [0, 0.1) is 0 Å². The van der Waals surface area contributed by atoms with E-state index in [9.17, 15) is 19.0 Å². The van der Waals surface area contributed by atoms with Gasteiger partial charge in [0.1, 0.15) is 19.8 Å². The molecule has 0 N–H and O–H groups in total. The molecule has 0 aromatic carbocycles. The number of hydrogen-bond acceptors (Lipinski definition) is 8. The van der Waals surface area contributed by atoms with Gasteiger partial charge in [0, 0.05) is 12.8 Å². The summed E-state index contributed by atoms with van der Waals surface area (Å²) in [5.41, 5.74) is 0. The number of allylic oxidation sites excluding steroid dienone is 24. The van der Waals surface area contributed by atoms with E-state index in [0.717, 1.165) is 109 Å². The first-order valence-electron chi connectivity index (χ1n) is 33.5. The molecular weight excluding hydrogens is 1060 g/mol. The molecule has 9 nitrogen and oxygen atoms in total. The zero-order valence-electron chi connectivity index (χ0n) is 54.3. The Labute approximate surface area is 516 Å². The fourth-order valence-electron chi connectivity index (χ4n) is 8.76. The van der Waals surface area contributed by atoms with Gasteiger partial charge in [-0.25, -0.2) is 0 Å². The normalized spacial score (nSPS) is 14.1. The SMILES string of the molecule is CC/C=C\C/C=C\C/C=C\C/C=C\C/C=C\C/C=C\C/C=C\C/C=C\C/C=C\C/C=C\C/C=C\C/C=C\CCCCC(=O)OC(COC(=O)CCCCCCCCCCCCCCCCCCCCCCC)COP(=O)([O-])OCC[N+](C)(C)C. The van der Waals surface area contributed by atoms with Gasteiger partial charge >= 0.3 is 11.9 Å². The average Bonchev–Trinajstić information content (AvgIpc) is 3.61. The Kier molecular flexibility index (Phi) is 60.3. The van der Waals surface area contributed by atoms with Crippen molar-refractivity contribution in [1.29, 1.82) is 0 Å². The molecule has 0 aliphatic rings. The molecular formula is C74H124NO8P. The lowest BCUT2D eigenvalue weighted by Gasteiger charge is -2.28. The van der Waals surface area contributed by atoms with Gasteiger partial charge in [0.15, 0.2) is 6.10 Å². The maximum atomic E-state index is 12.8. The highest BCUT2D eigenvalue weighted by Crippen LogP contribution is 2.38. The third-order valence-electron chi connectivity index (χ3n) is 13.9. The van der Waals surface area contributed by atoms with Crippen LogP contribution in [-0.2, 0) is 32.7 Å². The van der Waals surface area contributed by atoms with Gasteiger partial charge in [-0.3, -0.25) is 14.2 Å². The number of carbonyl (C=O) groups is 2. The number of likely N-dealkylation sites (N-methyl/N-ethyl adjacent to an activating group) is 1. The second-order valence-corrected chi connectivity index (χ2v) is 24.5. The predicted molar refractivity (Wildman–Crippen MR) is 360 cm³/mol. The van der Waals surface area contributed by atoms with Crippen LogP contribution in [0.5, 0.6) is 0 Å². The van der Waals surface area contributed by atoms with Gasteiger partial charge in [0.05, 0.1) is 27.7 Å². The molecule has 478 valence electrons. The molecule has 0 saturated heterocycles. The molecule has 0 aliphatic carbocycles. The Morgan fingerprint density at radius 3 is 1.01 bits per heavy atom. The van der Waals surface area contributed by atoms with Crippen LogP contribution in [-0.4, -0.2) is 70.0 Å². The molecule has 0 amide bonds. The monoisotopic (exact) mass is 1190 g/mol. The van der Waals surface area contributed by atoms with Gasteiger partial charge in [-0.1, -0.05) is 288 Å². The molecule has 2 unspecified atom stereocenters. The lowest BCUT2D eigenvalue weighted by molar-refractivity contribution is -0.870. The Hall–Kier alpha value is -4.11. The van der Waals surface area contributed by atoms with Crippen molar-refractivity contribution in [1.82, 2.24) is 0 Å². The molecule has 0 heterocycles. The van der Waals surface area contributed by atoms with E-state index < -0.39 is 32.5 Å². The molecule has 0 radical (unpaired) electrons. The van der Waals surface area contributed by atoms with Crippen molar-refractivity contribution in [2.24, 2.45) is 0 Å². The van der Waals surface area contributed by atoms with Crippen LogP contribution < -0.4 is 4.89 Å². The highest BCUT2D eigenvalue weighted by atomic mass is 31.2. The smallest absolute Gasteiger partial charge is 0.306 e. The summed E-state index contributed by atoms with van der Waals surface area (Å²) in [4.78, 5) is 38.0. The summed E-state index contributed by atoms with van der Waals surface area (Å²) < 4.78 is 34.2. The third-order valence-corrected chi connectivity index (χ3v) is 14.8. The number of rotatable bonds is 60. The lowest BCUT2D eigenvalue weighted by Crippen LogP contribution is -2.37. The van der Waals surface area contributed by atoms with Crippen LogP contribution >= 0.6 is 7.82 Å². The average molecular weight is 1190 g/mol. The Balaban J connectivity index is 4.22. The molecule has 0 saturated carbocycles. The van der Waals surface area contributed by atoms with Crippen molar-refractivity contribution in [3.63, 3.8) is 0 Å². The first-order chi connectivity index (χ1) is 41.0. The number of nitrogens with zero attached hydrogens (tertiary/aromatic N) is 1. The molecule has 0 aromatic rings. The number of phosphoric acid groups is 1. The number of carbonyl (C=O) groups excluding carboxylic acids is 2. The summed E-state index contributed by atoms with van der Waals surface area (Å²) in [6.45, 7) is 4.08. The van der Waals surface area contributed by atoms with Gasteiger partial charge in [0.25, 0.3) is 7.82 Å². The molecule has 0 fully saturated rings. The number of unbranched alkanes of at least 4 members (excludes halogenated alkanes) is 22. The molecule has 0 aliphatic heterocycles. The van der Waals surface area contributed by atoms with Crippen molar-refractivity contribution in [2.45, 2.75) is 264 Å². The van der Waals surface area contributed by atoms with Crippen LogP contribution in [0.1, 0.15) is 258 Å². The largest absolute Gasteiger partial charge is 0.756 e. The molecule has 0 rings (SSSR count). The van der Waals surface area contributed by atoms with E-state index in [4.69, 9.17) is 18.5 Å². The first kappa shape index (κ1) is 79.9. The minimum absolute atomic E-state index is 0.0455. The minimum atomic E-state index is -4.66. The zero-order valence-corrected chi connectivity index (χ0v) is 55.2. The van der Waals surface area contributed by atoms with Crippen LogP contribution in [0.2, 0.25) is 0 Å². The van der Waals surface area contributed by atoms with Crippen molar-refractivity contribution < 1.29 is 42.1 Å². The van der Waals surface area contributed by atoms with E-state index in [1.54, 1.807) is 0 Å². The fraction of sp³-hybridized carbons (Fsp3) is 0.649. The second-order valence-electron chi connectivity index (χ2n) is 23.1. The number of ether oxygens (including phenoxy) is 2. The molecule has 0 bridgehead atoms. The number of quaternary nitrogens is 1. The lowest BCUT2D eigenvalue weighted by atomic mass is 10.0. The molecule has 2 atom stereocenters. The van der Waals surface area contributed by atoms with Crippen molar-refractivity contribution in [3.05, 3.63) is 146 Å². The third kappa shape index (κ3) is 67.0. The van der Waals surface area contributed by atoms with Gasteiger partial charge in [0.2, 0.25) is 0 Å². The van der Waals surface area contributed by atoms with Crippen LogP contribution in [0.15, 0.2) is 146 Å². The van der Waals surface area contributed by atoms with Crippen LogP contribution in [0.25, 0.3) is 0 Å². The summed E-state index contributed by atoms with van der Waals surface area (Å²) in [6, 6.07) is 0. The maximum Gasteiger partial charge on any atom is 0.306 e. The highest BCUT2D eigenvalue weighted by molar-refractivity contribution is 7.45. The predicted octanol–water partition coefficient (Wildman–Crippen LogP) is 21.2. The van der Waals surface area contributed by atoms with Crippen molar-refractivity contribution in [2.75, 3.05) is 47.5 Å². The van der Waals surface area contributed by atoms with E-state index in [-0.39, 0.29) is 26.1 Å². The molecule has 10 heteroatoms. The number of phosphoric ester groups is 1. The topological polar surface area (TPSA) is 111 Å². The van der Waals surface area contributed by atoms with E-state index in [1.165, 1.54) is 116 Å². The van der Waals surface area contributed by atoms with Crippen molar-refractivity contribution >= 4 is 19.8 Å². The Bertz CT molecular complexity index is 1930. The van der Waals surface area contributed by atoms with E-state index in [0.29, 0.717) is 17.4 Å². The van der Waals surface area contributed by atoms with E-state index >= 15 is 0 Å². The maximum absolute atomic E-state index is 12.8. The molecule has 0 aromatic heterocycles. The highest BCUT2D eigenvalue weighted by Gasteiger charge is 2.22. The number of esters is 2. The minimum Gasteiger partial charge on any atom is -0.756 e. The summed E-state index contributed by atoms with van der Waals surface area (Å²) in [6.07, 6.45) is 93.5. The number of hydrogen-bond donors (Lipinski definition) is 0. The summed E-state index contributed by atoms with van der Waals surface area (Å²) in [7, 11) is 1.12. The quantitative estimate of drug-likeness (QED) is 0.0195. The fourth-order valence-corrected chi connectivity index (χ4v) is 9.48. The second kappa shape index (κ2) is 63.4. The van der Waals surface area contributed by atoms with E-state index in [2.05, 4.69) is 160 Å². The Morgan fingerprint density at radius 2 is 0.679 bits per heavy atom. The summed E-state index contributed by atoms with van der Waals surface area (Å²) in [5.74, 6) is -0.886. The van der Waals surface area contributed by atoms with E-state index in [1.807, 2.05) is 21.1 Å². The van der Waals surface area contributed by atoms with Gasteiger partial charge < -0.3 is 27.9 Å². The van der Waals surface area contributed by atoms with Gasteiger partial charge in [-0.05, 0) is 103 Å².